The summed E-state index contributed by atoms with van der Waals surface area (Å²) in [4.78, 5) is 91.2. The maximum atomic E-state index is 12.9. The molecule has 0 bridgehead atoms. The van der Waals surface area contributed by atoms with Gasteiger partial charge < -0.3 is 111 Å². The molecule has 0 unspecified atom stereocenters. The molecule has 0 spiro atoms. The fourth-order valence-electron chi connectivity index (χ4n) is 14.7. The Morgan fingerprint density at radius 1 is 0.431 bits per heavy atom. The summed E-state index contributed by atoms with van der Waals surface area (Å²) in [6.07, 6.45) is 5.67. The van der Waals surface area contributed by atoms with Gasteiger partial charge in [-0.15, -0.1) is 10.2 Å². The third-order valence-electron chi connectivity index (χ3n) is 21.4. The minimum atomic E-state index is -0.577. The lowest BCUT2D eigenvalue weighted by atomic mass is 9.75. The van der Waals surface area contributed by atoms with Gasteiger partial charge >= 0.3 is 6.09 Å². The van der Waals surface area contributed by atoms with Crippen LogP contribution in [-0.2, 0) is 82.5 Å². The number of ether oxygens (including phenoxy) is 12. The second kappa shape index (κ2) is 56.3. The Morgan fingerprint density at radius 3 is 1.12 bits per heavy atom. The monoisotopic (exact) mass is 1900 g/mol. The average Bonchev–Trinajstić information content (AvgIpc) is 1.61. The summed E-state index contributed by atoms with van der Waals surface area (Å²) in [7, 11) is 1.45. The predicted molar refractivity (Wildman–Crippen MR) is 517 cm³/mol. The molecule has 0 fully saturated rings. The van der Waals surface area contributed by atoms with Crippen LogP contribution < -0.4 is 43.8 Å². The Morgan fingerprint density at radius 2 is 0.781 bits per heavy atom. The fourth-order valence-corrected chi connectivity index (χ4v) is 14.7. The van der Waals surface area contributed by atoms with Crippen LogP contribution in [0, 0.1) is 24.7 Å². The van der Waals surface area contributed by atoms with Gasteiger partial charge in [-0.3, -0.25) is 28.8 Å². The first-order valence-corrected chi connectivity index (χ1v) is 46.3. The van der Waals surface area contributed by atoms with Crippen LogP contribution in [0.25, 0.3) is 11.4 Å². The lowest BCUT2D eigenvalue weighted by Gasteiger charge is -2.29. The van der Waals surface area contributed by atoms with Crippen LogP contribution in [-0.4, -0.2) is 261 Å². The predicted octanol–water partition coefficient (Wildman–Crippen LogP) is 13.1. The lowest BCUT2D eigenvalue weighted by Crippen LogP contribution is -2.33. The highest BCUT2D eigenvalue weighted by Crippen LogP contribution is 2.40. The van der Waals surface area contributed by atoms with E-state index in [4.69, 9.17) is 84.2 Å². The van der Waals surface area contributed by atoms with E-state index in [-0.39, 0.29) is 51.7 Å². The molecule has 137 heavy (non-hydrogen) atoms. The number of benzene rings is 6. The van der Waals surface area contributed by atoms with E-state index in [0.29, 0.717) is 302 Å². The first-order valence-electron chi connectivity index (χ1n) is 46.3. The number of azo groups is 2. The molecular weight excluding hydrogens is 1760 g/mol. The van der Waals surface area contributed by atoms with E-state index in [0.717, 1.165) is 46.7 Å². The normalized spacial score (nSPS) is 13.4. The van der Waals surface area contributed by atoms with Crippen molar-refractivity contribution in [2.75, 3.05) is 189 Å². The number of nitrogens with zero attached hydrogens (tertiary/aromatic N) is 9. The molecule has 742 valence electrons. The highest BCUT2D eigenvalue weighted by atomic mass is 16.6. The summed E-state index contributed by atoms with van der Waals surface area (Å²) in [6.45, 7) is 29.1. The molecule has 8 aromatic rings. The van der Waals surface area contributed by atoms with Crippen LogP contribution >= 0.6 is 0 Å². The van der Waals surface area contributed by atoms with Crippen LogP contribution in [0.4, 0.5) is 38.9 Å². The standard InChI is InChI=1S/C51H70N8O11.C48H65N9O10/c1-35-46-43(33-51(5,6)34-45(46)61)59(58-35)39-14-15-40(47(52)62)42(32-39)53-18-7-21-65-23-25-67-27-29-69-30-28-68-26-24-66-22-8-19-54-48(63)37-10-12-38(13-11-37)56-57-41-16-9-36(31-44(41)60)17-20-55-49(64)70-50(2,3)4;1-33-44-41(31-48(2,3)32-43(44)59)57(56-33)37-12-13-38(45(49)60)40(30-37)51-16-5-19-63-21-23-65-25-27-67-28-26-66-24-22-64-20-6-17-52-46(61)35-8-10-36(11-9-35)54-55-39-14-7-34(29-42(39)58)15-18-53-47(50)62-4/h9-16,31-32,53,60H,7-8,17-30,33-34H2,1-6H3,(H2,52,62)(H,54,63)(H,55,64);7-14,29-30,51,58H,5-6,15-28,31-32H2,1-4H3,(H2,49,60)(H2,50,53)(H,52,61). The number of nitrogens with two attached hydrogens (primary N) is 3. The van der Waals surface area contributed by atoms with E-state index in [9.17, 15) is 43.8 Å². The number of Topliss-reactive ketones (excluding diaryl/α,β-unsaturated/α-hetero) is 2. The smallest absolute Gasteiger partial charge is 0.407 e. The number of nitrogens with one attached hydrogen (secondary N) is 5. The molecule has 2 aromatic heterocycles. The molecule has 0 saturated carbocycles. The van der Waals surface area contributed by atoms with Crippen LogP contribution in [0.3, 0.4) is 0 Å². The number of carbonyl (C=O) groups excluding carboxylic acids is 7. The zero-order valence-electron chi connectivity index (χ0n) is 80.4. The number of primary amides is 2. The first-order chi connectivity index (χ1) is 65.8. The maximum absolute atomic E-state index is 12.9. The quantitative estimate of drug-likeness (QED) is 0.00732. The average molecular weight is 1900 g/mol. The molecule has 2 heterocycles. The lowest BCUT2D eigenvalue weighted by molar-refractivity contribution is -0.0111. The van der Waals surface area contributed by atoms with Gasteiger partial charge in [-0.25, -0.2) is 19.2 Å². The largest absolute Gasteiger partial charge is 0.506 e. The summed E-state index contributed by atoms with van der Waals surface area (Å²) in [6, 6.07) is 34.3. The second-order valence-electron chi connectivity index (χ2n) is 35.1. The number of hydrogen-bond acceptors (Lipinski definition) is 30. The van der Waals surface area contributed by atoms with Crippen molar-refractivity contribution in [3.8, 4) is 22.9 Å². The first kappa shape index (κ1) is 108. The van der Waals surface area contributed by atoms with E-state index >= 15 is 0 Å². The van der Waals surface area contributed by atoms with Crippen molar-refractivity contribution in [2.24, 2.45) is 53.5 Å². The maximum Gasteiger partial charge on any atom is 0.407 e. The minimum absolute atomic E-state index is 0.00467. The number of alkyl carbamates (subject to hydrolysis) is 1. The molecule has 0 saturated heterocycles. The summed E-state index contributed by atoms with van der Waals surface area (Å²) in [5.41, 5.74) is 28.3. The molecule has 2 aliphatic carbocycles. The number of amides is 5. The SMILES string of the molecule is COC(N)=NCCc1ccc(N=Nc2ccc(C(=O)NCCCOCCOCCOCCOCCOCCCNc3cc(-n4nc(C)c5c4CC(C)(C)CC5=O)ccc3C(N)=O)cc2)c(O)c1.Cc1nn(-c2ccc(C(N)=O)c(NCCCOCCOCCOCCOCCOCCCNC(=O)c3ccc(N=Nc4ccc(CCNC(=O)OC(C)(C)C)cc4O)cc3)c2)c2c1C(=O)CC(C)(C)C2. The molecular formula is C99H135N17O21. The Balaban J connectivity index is 0.000000307. The van der Waals surface area contributed by atoms with Gasteiger partial charge in [-0.05, 0) is 217 Å². The van der Waals surface area contributed by atoms with E-state index < -0.39 is 23.5 Å². The van der Waals surface area contributed by atoms with E-state index in [1.807, 2.05) is 41.4 Å². The van der Waals surface area contributed by atoms with Crippen LogP contribution in [0.2, 0.25) is 0 Å². The van der Waals surface area contributed by atoms with Crippen LogP contribution in [0.1, 0.15) is 183 Å². The molecule has 2 aliphatic rings. The molecule has 0 atom stereocenters. The number of methoxy groups -OCH3 is 1. The van der Waals surface area contributed by atoms with Gasteiger partial charge in [0.2, 0.25) is 0 Å². The van der Waals surface area contributed by atoms with Crippen molar-refractivity contribution in [2.45, 2.75) is 132 Å². The Labute approximate surface area is 799 Å². The molecule has 0 aliphatic heterocycles. The van der Waals surface area contributed by atoms with Crippen molar-refractivity contribution < 1.29 is 101 Å². The summed E-state index contributed by atoms with van der Waals surface area (Å²) in [5.74, 6) is -1.32. The number of amidine groups is 1. The van der Waals surface area contributed by atoms with Gasteiger partial charge in [0.15, 0.2) is 11.6 Å². The number of carbonyl (C=O) groups is 7. The number of aromatic hydroxyl groups is 2. The Kier molecular flexibility index (Phi) is 44.4. The highest BCUT2D eigenvalue weighted by molar-refractivity contribution is 6.02. The second-order valence-corrected chi connectivity index (χ2v) is 35.1. The number of phenolic OH excluding ortho intramolecular Hbond substituents is 2. The van der Waals surface area contributed by atoms with E-state index in [1.165, 1.54) is 7.11 Å². The third kappa shape index (κ3) is 37.5. The number of aryl methyl sites for hydroxylation is 2. The highest BCUT2D eigenvalue weighted by Gasteiger charge is 2.38. The van der Waals surface area contributed by atoms with Gasteiger partial charge in [-0.2, -0.15) is 20.4 Å². The number of ketones is 2. The zero-order chi connectivity index (χ0) is 98.5. The molecule has 38 heteroatoms. The number of phenols is 2. The van der Waals surface area contributed by atoms with Crippen molar-refractivity contribution in [1.29, 1.82) is 0 Å². The number of aromatic nitrogens is 4. The van der Waals surface area contributed by atoms with Crippen molar-refractivity contribution >= 4 is 81.4 Å². The number of rotatable bonds is 58. The van der Waals surface area contributed by atoms with Crippen LogP contribution in [0.5, 0.6) is 11.5 Å². The minimum Gasteiger partial charge on any atom is -0.506 e. The van der Waals surface area contributed by atoms with Gasteiger partial charge in [0, 0.05) is 101 Å². The summed E-state index contributed by atoms with van der Waals surface area (Å²) < 4.78 is 69.7. The van der Waals surface area contributed by atoms with Crippen molar-refractivity contribution in [3.63, 3.8) is 0 Å². The molecule has 38 nitrogen and oxygen atoms in total. The summed E-state index contributed by atoms with van der Waals surface area (Å²) >= 11 is 0. The number of fused-ring (bicyclic) bond motifs is 2. The Hall–Kier alpha value is -12.5. The zero-order valence-corrected chi connectivity index (χ0v) is 80.4. The van der Waals surface area contributed by atoms with E-state index in [1.54, 1.807) is 124 Å². The van der Waals surface area contributed by atoms with Crippen molar-refractivity contribution in [1.82, 2.24) is 35.5 Å². The van der Waals surface area contributed by atoms with Gasteiger partial charge in [0.1, 0.15) is 28.5 Å². The number of hydrogen-bond donors (Lipinski definition) is 10. The third-order valence-corrected chi connectivity index (χ3v) is 21.4. The van der Waals surface area contributed by atoms with Crippen molar-refractivity contribution in [3.05, 3.63) is 189 Å². The molecule has 13 N–H and O–H groups in total. The van der Waals surface area contributed by atoms with Gasteiger partial charge in [0.25, 0.3) is 29.7 Å². The molecule has 0 radical (unpaired) electrons. The van der Waals surface area contributed by atoms with Gasteiger partial charge in [-0.1, -0.05) is 39.8 Å². The van der Waals surface area contributed by atoms with Crippen LogP contribution in [0.15, 0.2) is 147 Å². The molecule has 5 amide bonds. The number of anilines is 2. The topological polar surface area (TPSA) is 506 Å². The summed E-state index contributed by atoms with van der Waals surface area (Å²) in [5, 5.41) is 61.8. The molecule has 6 aromatic carbocycles. The van der Waals surface area contributed by atoms with Gasteiger partial charge in [0.05, 0.1) is 181 Å². The van der Waals surface area contributed by atoms with E-state index in [2.05, 4.69) is 79.7 Å². The molecule has 10 rings (SSSR count). The fraction of sp³-hybridized carbons (Fsp3) is 0.495. The Bertz CT molecular complexity index is 5320. The number of aliphatic imine (C=N–C) groups is 1.